The molecular formula is C16H19BrN2O5. The molecule has 7 nitrogen and oxygen atoms in total. The van der Waals surface area contributed by atoms with Gasteiger partial charge in [-0.3, -0.25) is 4.79 Å². The van der Waals surface area contributed by atoms with Gasteiger partial charge < -0.3 is 24.8 Å². The predicted octanol–water partition coefficient (Wildman–Crippen LogP) is 1.44. The van der Waals surface area contributed by atoms with Gasteiger partial charge in [0, 0.05) is 11.0 Å². The molecule has 1 aromatic rings. The Morgan fingerprint density at radius 1 is 1.42 bits per heavy atom. The van der Waals surface area contributed by atoms with Crippen LogP contribution in [0.25, 0.3) is 0 Å². The summed E-state index contributed by atoms with van der Waals surface area (Å²) in [7, 11) is 2.78. The van der Waals surface area contributed by atoms with E-state index in [-0.39, 0.29) is 36.9 Å². The number of carbonyl (C=O) groups excluding carboxylic acids is 2. The summed E-state index contributed by atoms with van der Waals surface area (Å²) in [5.41, 5.74) is 1.86. The lowest BCUT2D eigenvalue weighted by Gasteiger charge is -2.17. The lowest BCUT2D eigenvalue weighted by molar-refractivity contribution is -0.136. The number of β-amino-alcohol motifs (C(OH)–C–C–N with tert-alkyl or cyclic N) is 1. The van der Waals surface area contributed by atoms with E-state index in [0.29, 0.717) is 15.9 Å². The minimum Gasteiger partial charge on any atom is -0.495 e. The van der Waals surface area contributed by atoms with Gasteiger partial charge in [0.2, 0.25) is 0 Å². The van der Waals surface area contributed by atoms with Gasteiger partial charge in [-0.25, -0.2) is 4.79 Å². The Kier molecular flexibility index (Phi) is 5.84. The van der Waals surface area contributed by atoms with Crippen LogP contribution in [-0.2, 0) is 14.3 Å². The topological polar surface area (TPSA) is 88.1 Å². The summed E-state index contributed by atoms with van der Waals surface area (Å²) >= 11 is 3.44. The Labute approximate surface area is 148 Å². The van der Waals surface area contributed by atoms with E-state index in [1.165, 1.54) is 19.1 Å². The average Bonchev–Trinajstić information content (AvgIpc) is 2.86. The summed E-state index contributed by atoms with van der Waals surface area (Å²) in [6.45, 7) is 1.95. The van der Waals surface area contributed by atoms with Crippen molar-refractivity contribution in [3.8, 4) is 5.75 Å². The molecule has 1 amide bonds. The van der Waals surface area contributed by atoms with E-state index in [2.05, 4.69) is 21.2 Å². The third-order valence-electron chi connectivity index (χ3n) is 3.62. The van der Waals surface area contributed by atoms with E-state index < -0.39 is 5.97 Å². The Bertz CT molecular complexity index is 702. The van der Waals surface area contributed by atoms with Crippen molar-refractivity contribution in [2.24, 2.45) is 0 Å². The fourth-order valence-corrected chi connectivity index (χ4v) is 3.12. The van der Waals surface area contributed by atoms with E-state index in [9.17, 15) is 9.59 Å². The van der Waals surface area contributed by atoms with Crippen molar-refractivity contribution >= 4 is 33.5 Å². The number of amides is 1. The smallest absolute Gasteiger partial charge is 0.337 e. The van der Waals surface area contributed by atoms with Gasteiger partial charge in [-0.2, -0.15) is 0 Å². The van der Waals surface area contributed by atoms with Crippen LogP contribution in [0.4, 0.5) is 5.69 Å². The van der Waals surface area contributed by atoms with Crippen molar-refractivity contribution in [1.82, 2.24) is 4.90 Å². The van der Waals surface area contributed by atoms with Crippen LogP contribution in [0.15, 0.2) is 27.9 Å². The predicted molar refractivity (Wildman–Crippen MR) is 91.8 cm³/mol. The molecule has 130 valence electrons. The normalized spacial score (nSPS) is 14.2. The first-order valence-electron chi connectivity index (χ1n) is 7.25. The highest BCUT2D eigenvalue weighted by Crippen LogP contribution is 2.36. The molecule has 2 rings (SSSR count). The summed E-state index contributed by atoms with van der Waals surface area (Å²) in [6.07, 6.45) is 0. The van der Waals surface area contributed by atoms with Gasteiger partial charge >= 0.3 is 5.97 Å². The summed E-state index contributed by atoms with van der Waals surface area (Å²) in [5, 5.41) is 12.1. The van der Waals surface area contributed by atoms with Crippen LogP contribution in [0, 0.1) is 6.92 Å². The van der Waals surface area contributed by atoms with Crippen molar-refractivity contribution in [2.45, 2.75) is 6.92 Å². The lowest BCUT2D eigenvalue weighted by atomic mass is 10.2. The van der Waals surface area contributed by atoms with Crippen LogP contribution < -0.4 is 10.1 Å². The number of esters is 1. The maximum Gasteiger partial charge on any atom is 0.337 e. The van der Waals surface area contributed by atoms with Crippen molar-refractivity contribution < 1.29 is 24.2 Å². The largest absolute Gasteiger partial charge is 0.495 e. The Balaban J connectivity index is 2.44. The molecule has 2 N–H and O–H groups in total. The third-order valence-corrected chi connectivity index (χ3v) is 4.25. The number of methoxy groups -OCH3 is 2. The molecule has 1 aromatic carbocycles. The molecule has 1 heterocycles. The van der Waals surface area contributed by atoms with Crippen LogP contribution in [0.2, 0.25) is 0 Å². The second kappa shape index (κ2) is 7.67. The molecule has 1 aliphatic heterocycles. The van der Waals surface area contributed by atoms with Gasteiger partial charge in [0.1, 0.15) is 11.4 Å². The molecule has 1 aliphatic rings. The number of anilines is 1. The third kappa shape index (κ3) is 3.54. The monoisotopic (exact) mass is 398 g/mol. The van der Waals surface area contributed by atoms with Crippen molar-refractivity contribution in [2.75, 3.05) is 39.2 Å². The van der Waals surface area contributed by atoms with E-state index in [1.807, 2.05) is 19.1 Å². The molecule has 0 unspecified atom stereocenters. The molecule has 0 spiro atoms. The lowest BCUT2D eigenvalue weighted by Crippen LogP contribution is -2.31. The number of benzene rings is 1. The highest BCUT2D eigenvalue weighted by molar-refractivity contribution is 9.10. The second-order valence-corrected chi connectivity index (χ2v) is 6.10. The maximum atomic E-state index is 12.5. The van der Waals surface area contributed by atoms with Gasteiger partial charge in [0.25, 0.3) is 5.91 Å². The van der Waals surface area contributed by atoms with Crippen LogP contribution >= 0.6 is 15.9 Å². The number of aliphatic hydroxyl groups is 1. The number of carbonyl (C=O) groups is 2. The van der Waals surface area contributed by atoms with E-state index >= 15 is 0 Å². The van der Waals surface area contributed by atoms with Gasteiger partial charge in [-0.05, 0) is 40.5 Å². The number of nitrogens with one attached hydrogen (secondary N) is 1. The number of halogens is 1. The number of rotatable bonds is 6. The average molecular weight is 399 g/mol. The number of hydrogen-bond acceptors (Lipinski definition) is 6. The Morgan fingerprint density at radius 2 is 2.12 bits per heavy atom. The minimum atomic E-state index is -0.589. The van der Waals surface area contributed by atoms with Gasteiger partial charge in [0.15, 0.2) is 0 Å². The number of ether oxygens (including phenoxy) is 2. The number of hydrogen-bond donors (Lipinski definition) is 2. The Hall–Kier alpha value is -2.06. The molecule has 0 atom stereocenters. The molecule has 8 heteroatoms. The zero-order valence-electron chi connectivity index (χ0n) is 13.7. The quantitative estimate of drug-likeness (QED) is 0.704. The first kappa shape index (κ1) is 18.3. The zero-order valence-corrected chi connectivity index (χ0v) is 15.3. The first-order chi connectivity index (χ1) is 11.4. The molecular weight excluding hydrogens is 380 g/mol. The molecule has 0 aromatic heterocycles. The van der Waals surface area contributed by atoms with E-state index in [0.717, 1.165) is 5.56 Å². The summed E-state index contributed by atoms with van der Waals surface area (Å²) < 4.78 is 10.8. The zero-order chi connectivity index (χ0) is 17.9. The van der Waals surface area contributed by atoms with Gasteiger partial charge in [-0.15, -0.1) is 0 Å². The molecule has 24 heavy (non-hydrogen) atoms. The summed E-state index contributed by atoms with van der Waals surface area (Å²) in [4.78, 5) is 25.9. The fourth-order valence-electron chi connectivity index (χ4n) is 2.47. The van der Waals surface area contributed by atoms with Crippen molar-refractivity contribution in [3.05, 3.63) is 33.4 Å². The van der Waals surface area contributed by atoms with Crippen LogP contribution in [0.3, 0.4) is 0 Å². The summed E-state index contributed by atoms with van der Waals surface area (Å²) in [6, 6.07) is 3.69. The van der Waals surface area contributed by atoms with Crippen LogP contribution in [0.5, 0.6) is 5.75 Å². The Morgan fingerprint density at radius 3 is 2.71 bits per heavy atom. The van der Waals surface area contributed by atoms with Crippen molar-refractivity contribution in [3.63, 3.8) is 0 Å². The minimum absolute atomic E-state index is 0.0835. The van der Waals surface area contributed by atoms with E-state index in [4.69, 9.17) is 14.6 Å². The molecule has 0 radical (unpaired) electrons. The standard InChI is InChI=1S/C16H19BrN2O5/c1-9-6-11(17)14(12(7-9)23-2)18-13-10(16(22)24-3)8-19(4-5-20)15(13)21/h6-7,18,20H,4-5,8H2,1-3H3. The fraction of sp³-hybridized carbons (Fsp3) is 0.375. The van der Waals surface area contributed by atoms with E-state index in [1.54, 1.807) is 0 Å². The second-order valence-electron chi connectivity index (χ2n) is 5.24. The molecule has 0 bridgehead atoms. The van der Waals surface area contributed by atoms with Crippen LogP contribution in [-0.4, -0.2) is 55.8 Å². The number of aryl methyl sites for hydroxylation is 1. The number of nitrogens with zero attached hydrogens (tertiary/aromatic N) is 1. The molecule has 0 fully saturated rings. The highest BCUT2D eigenvalue weighted by Gasteiger charge is 2.35. The molecule has 0 saturated heterocycles. The van der Waals surface area contributed by atoms with Gasteiger partial charge in [0.05, 0.1) is 38.6 Å². The number of aliphatic hydroxyl groups excluding tert-OH is 1. The SMILES string of the molecule is COC(=O)C1=C(Nc2c(Br)cc(C)cc2OC)C(=O)N(CCO)C1. The molecule has 0 saturated carbocycles. The first-order valence-corrected chi connectivity index (χ1v) is 8.05. The van der Waals surface area contributed by atoms with Crippen molar-refractivity contribution in [1.29, 1.82) is 0 Å². The van der Waals surface area contributed by atoms with Crippen LogP contribution in [0.1, 0.15) is 5.56 Å². The highest BCUT2D eigenvalue weighted by atomic mass is 79.9. The molecule has 0 aliphatic carbocycles. The van der Waals surface area contributed by atoms with Gasteiger partial charge in [-0.1, -0.05) is 0 Å². The maximum absolute atomic E-state index is 12.5. The summed E-state index contributed by atoms with van der Waals surface area (Å²) in [5.74, 6) is -0.431.